The van der Waals surface area contributed by atoms with Crippen LogP contribution in [0.15, 0.2) is 53.4 Å². The van der Waals surface area contributed by atoms with E-state index in [-0.39, 0.29) is 29.7 Å². The zero-order chi connectivity index (χ0) is 22.0. The lowest BCUT2D eigenvalue weighted by molar-refractivity contribution is -0.122. The number of benzene rings is 2. The first-order valence-electron chi connectivity index (χ1n) is 10.2. The molecule has 2 fully saturated rings. The SMILES string of the molecule is COc1ccccc1N1C[C@H](C(=O)Nc2ccc(S(=O)(=O)N3CCCC3)cc2)CC1=O. The van der Waals surface area contributed by atoms with Crippen LogP contribution in [0, 0.1) is 5.92 Å². The maximum absolute atomic E-state index is 12.7. The van der Waals surface area contributed by atoms with Crippen molar-refractivity contribution in [3.63, 3.8) is 0 Å². The molecule has 0 aromatic heterocycles. The number of hydrogen-bond acceptors (Lipinski definition) is 5. The van der Waals surface area contributed by atoms with Crippen LogP contribution in [0.3, 0.4) is 0 Å². The molecule has 8 nitrogen and oxygen atoms in total. The van der Waals surface area contributed by atoms with Crippen molar-refractivity contribution in [1.82, 2.24) is 4.31 Å². The van der Waals surface area contributed by atoms with Gasteiger partial charge >= 0.3 is 0 Å². The van der Waals surface area contributed by atoms with Crippen LogP contribution in [0.4, 0.5) is 11.4 Å². The Kier molecular flexibility index (Phi) is 5.97. The third-order valence-corrected chi connectivity index (χ3v) is 7.61. The standard InChI is InChI=1S/C22H25N3O5S/c1-30-20-7-3-2-6-19(20)25-15-16(14-21(25)26)22(27)23-17-8-10-18(11-9-17)31(28,29)24-12-4-5-13-24/h2-3,6-11,16H,4-5,12-15H2,1H3,(H,23,27)/t16-/m1/s1. The van der Waals surface area contributed by atoms with E-state index in [9.17, 15) is 18.0 Å². The molecular formula is C22H25N3O5S. The summed E-state index contributed by atoms with van der Waals surface area (Å²) in [7, 11) is -1.96. The van der Waals surface area contributed by atoms with Crippen LogP contribution < -0.4 is 15.0 Å². The zero-order valence-electron chi connectivity index (χ0n) is 17.3. The average Bonchev–Trinajstić information content (AvgIpc) is 3.45. The number of carbonyl (C=O) groups is 2. The number of hydrogen-bond donors (Lipinski definition) is 1. The molecule has 4 rings (SSSR count). The van der Waals surface area contributed by atoms with E-state index in [0.717, 1.165) is 12.8 Å². The second kappa shape index (κ2) is 8.68. The summed E-state index contributed by atoms with van der Waals surface area (Å²) in [6.45, 7) is 1.34. The van der Waals surface area contributed by atoms with Gasteiger partial charge in [-0.3, -0.25) is 9.59 Å². The first-order valence-corrected chi connectivity index (χ1v) is 11.7. The molecule has 0 radical (unpaired) electrons. The van der Waals surface area contributed by atoms with E-state index in [1.165, 1.54) is 23.5 Å². The normalized spacial score (nSPS) is 19.6. The van der Waals surface area contributed by atoms with Crippen molar-refractivity contribution in [3.8, 4) is 5.75 Å². The number of amides is 2. The highest BCUT2D eigenvalue weighted by atomic mass is 32.2. The topological polar surface area (TPSA) is 96.0 Å². The molecule has 164 valence electrons. The van der Waals surface area contributed by atoms with Crippen LogP contribution in [0.25, 0.3) is 0 Å². The molecule has 9 heteroatoms. The molecule has 31 heavy (non-hydrogen) atoms. The number of para-hydroxylation sites is 2. The summed E-state index contributed by atoms with van der Waals surface area (Å²) in [6.07, 6.45) is 1.85. The van der Waals surface area contributed by atoms with Crippen LogP contribution in [0.1, 0.15) is 19.3 Å². The minimum atomic E-state index is -3.49. The van der Waals surface area contributed by atoms with Gasteiger partial charge in [-0.05, 0) is 49.2 Å². The summed E-state index contributed by atoms with van der Waals surface area (Å²) in [5.41, 5.74) is 1.13. The van der Waals surface area contributed by atoms with E-state index in [0.29, 0.717) is 30.2 Å². The molecule has 0 aliphatic carbocycles. The number of nitrogens with one attached hydrogen (secondary N) is 1. The predicted molar refractivity (Wildman–Crippen MR) is 117 cm³/mol. The Morgan fingerprint density at radius 3 is 2.42 bits per heavy atom. The third kappa shape index (κ3) is 4.28. The highest BCUT2D eigenvalue weighted by Gasteiger charge is 2.36. The molecule has 0 bridgehead atoms. The predicted octanol–water partition coefficient (Wildman–Crippen LogP) is 2.47. The molecule has 1 atom stereocenters. The largest absolute Gasteiger partial charge is 0.495 e. The zero-order valence-corrected chi connectivity index (χ0v) is 18.1. The third-order valence-electron chi connectivity index (χ3n) is 5.70. The maximum Gasteiger partial charge on any atom is 0.243 e. The Balaban J connectivity index is 1.42. The summed E-state index contributed by atoms with van der Waals surface area (Å²) in [5, 5.41) is 2.80. The Morgan fingerprint density at radius 2 is 1.74 bits per heavy atom. The van der Waals surface area contributed by atoms with Gasteiger partial charge in [0.25, 0.3) is 0 Å². The van der Waals surface area contributed by atoms with E-state index >= 15 is 0 Å². The van der Waals surface area contributed by atoms with Crippen LogP contribution in [0.2, 0.25) is 0 Å². The lowest BCUT2D eigenvalue weighted by Crippen LogP contribution is -2.28. The first kappa shape index (κ1) is 21.3. The molecular weight excluding hydrogens is 418 g/mol. The minimum absolute atomic E-state index is 0.102. The lowest BCUT2D eigenvalue weighted by atomic mass is 10.1. The number of sulfonamides is 1. The van der Waals surface area contributed by atoms with E-state index < -0.39 is 15.9 Å². The molecule has 2 amide bonds. The van der Waals surface area contributed by atoms with Gasteiger partial charge in [0, 0.05) is 31.7 Å². The summed E-state index contributed by atoms with van der Waals surface area (Å²) < 4.78 is 32.1. The van der Waals surface area contributed by atoms with Gasteiger partial charge in [0.15, 0.2) is 0 Å². The lowest BCUT2D eigenvalue weighted by Gasteiger charge is -2.19. The van der Waals surface area contributed by atoms with Gasteiger partial charge in [0.2, 0.25) is 21.8 Å². The monoisotopic (exact) mass is 443 g/mol. The molecule has 2 aliphatic heterocycles. The molecule has 1 N–H and O–H groups in total. The number of rotatable bonds is 6. The van der Waals surface area contributed by atoms with Gasteiger partial charge in [-0.2, -0.15) is 4.31 Å². The number of carbonyl (C=O) groups excluding carboxylic acids is 2. The van der Waals surface area contributed by atoms with Crippen molar-refractivity contribution in [2.24, 2.45) is 5.92 Å². The number of anilines is 2. The number of methoxy groups -OCH3 is 1. The molecule has 2 saturated heterocycles. The van der Waals surface area contributed by atoms with E-state index in [1.54, 1.807) is 29.2 Å². The van der Waals surface area contributed by atoms with Gasteiger partial charge in [0.1, 0.15) is 5.75 Å². The fraction of sp³-hybridized carbons (Fsp3) is 0.364. The van der Waals surface area contributed by atoms with Gasteiger partial charge in [0.05, 0.1) is 23.6 Å². The van der Waals surface area contributed by atoms with Crippen molar-refractivity contribution >= 4 is 33.2 Å². The quantitative estimate of drug-likeness (QED) is 0.740. The first-order chi connectivity index (χ1) is 14.9. The Labute approximate surface area is 181 Å². The van der Waals surface area contributed by atoms with Crippen molar-refractivity contribution in [2.45, 2.75) is 24.2 Å². The van der Waals surface area contributed by atoms with Crippen LogP contribution in [0.5, 0.6) is 5.75 Å². The number of nitrogens with zero attached hydrogens (tertiary/aromatic N) is 2. The summed E-state index contributed by atoms with van der Waals surface area (Å²) >= 11 is 0. The Morgan fingerprint density at radius 1 is 1.06 bits per heavy atom. The molecule has 0 unspecified atom stereocenters. The van der Waals surface area contributed by atoms with E-state index in [4.69, 9.17) is 4.74 Å². The van der Waals surface area contributed by atoms with Crippen molar-refractivity contribution < 1.29 is 22.7 Å². The number of ether oxygens (including phenoxy) is 1. The average molecular weight is 444 g/mol. The molecule has 2 aromatic carbocycles. The highest BCUT2D eigenvalue weighted by molar-refractivity contribution is 7.89. The molecule has 2 heterocycles. The Hall–Kier alpha value is -2.91. The van der Waals surface area contributed by atoms with Gasteiger partial charge < -0.3 is 15.0 Å². The van der Waals surface area contributed by atoms with E-state index in [1.807, 2.05) is 12.1 Å². The van der Waals surface area contributed by atoms with Gasteiger partial charge in [-0.15, -0.1) is 0 Å². The van der Waals surface area contributed by atoms with Crippen LogP contribution >= 0.6 is 0 Å². The maximum atomic E-state index is 12.7. The van der Waals surface area contributed by atoms with Crippen molar-refractivity contribution in [3.05, 3.63) is 48.5 Å². The van der Waals surface area contributed by atoms with Crippen molar-refractivity contribution in [1.29, 1.82) is 0 Å². The second-order valence-corrected chi connectivity index (χ2v) is 9.64. The van der Waals surface area contributed by atoms with Gasteiger partial charge in [-0.25, -0.2) is 8.42 Å². The van der Waals surface area contributed by atoms with Crippen LogP contribution in [-0.2, 0) is 19.6 Å². The second-order valence-electron chi connectivity index (χ2n) is 7.70. The summed E-state index contributed by atoms with van der Waals surface area (Å²) in [4.78, 5) is 27.0. The molecule has 2 aliphatic rings. The molecule has 0 saturated carbocycles. The minimum Gasteiger partial charge on any atom is -0.495 e. The summed E-state index contributed by atoms with van der Waals surface area (Å²) in [5.74, 6) is -0.352. The molecule has 0 spiro atoms. The fourth-order valence-corrected chi connectivity index (χ4v) is 5.52. The summed E-state index contributed by atoms with van der Waals surface area (Å²) in [6, 6.07) is 13.4. The van der Waals surface area contributed by atoms with E-state index in [2.05, 4.69) is 5.32 Å². The van der Waals surface area contributed by atoms with Gasteiger partial charge in [-0.1, -0.05) is 12.1 Å². The van der Waals surface area contributed by atoms with Crippen molar-refractivity contribution in [2.75, 3.05) is 37.0 Å². The smallest absolute Gasteiger partial charge is 0.243 e. The highest BCUT2D eigenvalue weighted by Crippen LogP contribution is 2.33. The van der Waals surface area contributed by atoms with Crippen LogP contribution in [-0.4, -0.2) is 51.3 Å². The fourth-order valence-electron chi connectivity index (χ4n) is 4.00. The Bertz CT molecular complexity index is 1080. The molecule has 2 aromatic rings.